The maximum Gasteiger partial charge on any atom is 0.264 e. The molecule has 0 aromatic heterocycles. The summed E-state index contributed by atoms with van der Waals surface area (Å²) < 4.78 is 48.6. The third kappa shape index (κ3) is 9.08. The van der Waals surface area contributed by atoms with Crippen molar-refractivity contribution in [1.82, 2.24) is 10.2 Å². The number of nitrogens with zero attached hydrogens (tertiary/aromatic N) is 2. The van der Waals surface area contributed by atoms with E-state index in [4.69, 9.17) is 16.3 Å². The molecule has 1 atom stereocenters. The molecule has 0 fully saturated rings. The lowest BCUT2D eigenvalue weighted by Crippen LogP contribution is -2.54. The molecule has 0 heterocycles. The number of amides is 2. The molecule has 0 saturated carbocycles. The average Bonchev–Trinajstić information content (AvgIpc) is 3.03. The first-order chi connectivity index (χ1) is 22.0. The average molecular weight is 666 g/mol. The second-order valence-electron chi connectivity index (χ2n) is 10.9. The standard InChI is InChI=1S/C35H37ClFN3O5S/c1-4-45-31-18-16-30(17-19-31)40(46(43,44)32-20-12-28(36)13-21-32)24-34(41)39(23-27-10-14-29(37)15-11-27)33(35(42)38-25(2)3)22-26-8-6-5-7-9-26/h5-21,25,33H,4,22-24H2,1-3H3,(H,38,42)/t33-/m0/s1. The number of benzene rings is 4. The van der Waals surface area contributed by atoms with Crippen molar-refractivity contribution in [1.29, 1.82) is 0 Å². The monoisotopic (exact) mass is 665 g/mol. The van der Waals surface area contributed by atoms with Gasteiger partial charge in [-0.25, -0.2) is 12.8 Å². The lowest BCUT2D eigenvalue weighted by atomic mass is 10.0. The number of ether oxygens (including phenoxy) is 1. The molecule has 0 unspecified atom stereocenters. The van der Waals surface area contributed by atoms with Gasteiger partial charge in [0.15, 0.2) is 0 Å². The Morgan fingerprint density at radius 2 is 1.50 bits per heavy atom. The Bertz CT molecular complexity index is 1700. The Morgan fingerprint density at radius 1 is 0.870 bits per heavy atom. The highest BCUT2D eigenvalue weighted by Gasteiger charge is 2.35. The van der Waals surface area contributed by atoms with Crippen LogP contribution in [-0.4, -0.2) is 50.4 Å². The Morgan fingerprint density at radius 3 is 2.09 bits per heavy atom. The molecule has 4 aromatic carbocycles. The molecule has 0 bridgehead atoms. The maximum absolute atomic E-state index is 14.4. The Balaban J connectivity index is 1.80. The van der Waals surface area contributed by atoms with E-state index in [2.05, 4.69) is 5.32 Å². The van der Waals surface area contributed by atoms with Gasteiger partial charge < -0.3 is 15.0 Å². The first-order valence-electron chi connectivity index (χ1n) is 14.9. The second-order valence-corrected chi connectivity index (χ2v) is 13.2. The van der Waals surface area contributed by atoms with Gasteiger partial charge in [0.25, 0.3) is 10.0 Å². The summed E-state index contributed by atoms with van der Waals surface area (Å²) in [5, 5.41) is 3.26. The summed E-state index contributed by atoms with van der Waals surface area (Å²) in [4.78, 5) is 29.5. The highest BCUT2D eigenvalue weighted by molar-refractivity contribution is 7.92. The van der Waals surface area contributed by atoms with Gasteiger partial charge >= 0.3 is 0 Å². The molecule has 0 aliphatic rings. The lowest BCUT2D eigenvalue weighted by Gasteiger charge is -2.34. The predicted octanol–water partition coefficient (Wildman–Crippen LogP) is 6.24. The van der Waals surface area contributed by atoms with Crippen LogP contribution in [0.15, 0.2) is 108 Å². The van der Waals surface area contributed by atoms with E-state index in [1.807, 2.05) is 51.1 Å². The van der Waals surface area contributed by atoms with Crippen molar-refractivity contribution in [3.05, 3.63) is 125 Å². The third-order valence-corrected chi connectivity index (χ3v) is 9.12. The van der Waals surface area contributed by atoms with Gasteiger partial charge in [-0.05, 0) is 92.6 Å². The first kappa shape index (κ1) is 34.5. The maximum atomic E-state index is 14.4. The van der Waals surface area contributed by atoms with Crippen LogP contribution in [0, 0.1) is 5.82 Å². The van der Waals surface area contributed by atoms with Crippen LogP contribution in [-0.2, 0) is 32.6 Å². The number of sulfonamides is 1. The minimum Gasteiger partial charge on any atom is -0.494 e. The summed E-state index contributed by atoms with van der Waals surface area (Å²) in [7, 11) is -4.29. The molecule has 242 valence electrons. The SMILES string of the molecule is CCOc1ccc(N(CC(=O)N(Cc2ccc(F)cc2)[C@@H](Cc2ccccc2)C(=O)NC(C)C)S(=O)(=O)c2ccc(Cl)cc2)cc1. The molecule has 0 radical (unpaired) electrons. The van der Waals surface area contributed by atoms with Gasteiger partial charge in [-0.3, -0.25) is 13.9 Å². The predicted molar refractivity (Wildman–Crippen MR) is 178 cm³/mol. The first-order valence-corrected chi connectivity index (χ1v) is 16.7. The van der Waals surface area contributed by atoms with Gasteiger partial charge in [0, 0.05) is 24.0 Å². The van der Waals surface area contributed by atoms with Crippen LogP contribution >= 0.6 is 11.6 Å². The van der Waals surface area contributed by atoms with E-state index in [9.17, 15) is 22.4 Å². The number of halogens is 2. The van der Waals surface area contributed by atoms with E-state index in [0.29, 0.717) is 22.9 Å². The van der Waals surface area contributed by atoms with E-state index in [-0.39, 0.29) is 29.6 Å². The zero-order chi connectivity index (χ0) is 33.3. The molecule has 11 heteroatoms. The van der Waals surface area contributed by atoms with Gasteiger partial charge in [-0.2, -0.15) is 0 Å². The summed E-state index contributed by atoms with van der Waals surface area (Å²) in [5.41, 5.74) is 1.60. The molecular formula is C35H37ClFN3O5S. The smallest absolute Gasteiger partial charge is 0.264 e. The molecule has 4 rings (SSSR count). The molecule has 0 saturated heterocycles. The molecule has 8 nitrogen and oxygen atoms in total. The van der Waals surface area contributed by atoms with Gasteiger partial charge in [0.05, 0.1) is 17.2 Å². The van der Waals surface area contributed by atoms with Crippen molar-refractivity contribution in [2.75, 3.05) is 17.5 Å². The van der Waals surface area contributed by atoms with Crippen molar-refractivity contribution in [2.45, 2.75) is 50.7 Å². The van der Waals surface area contributed by atoms with Crippen LogP contribution in [0.4, 0.5) is 10.1 Å². The van der Waals surface area contributed by atoms with E-state index in [0.717, 1.165) is 9.87 Å². The molecule has 0 aliphatic heterocycles. The zero-order valence-corrected chi connectivity index (χ0v) is 27.5. The Kier molecular flexibility index (Phi) is 11.8. The van der Waals surface area contributed by atoms with Gasteiger partial charge in [0.2, 0.25) is 11.8 Å². The summed E-state index contributed by atoms with van der Waals surface area (Å²) in [5.74, 6) is -0.943. The van der Waals surface area contributed by atoms with Crippen LogP contribution in [0.5, 0.6) is 5.75 Å². The zero-order valence-electron chi connectivity index (χ0n) is 25.9. The van der Waals surface area contributed by atoms with E-state index in [1.165, 1.54) is 53.4 Å². The van der Waals surface area contributed by atoms with Crippen molar-refractivity contribution in [3.63, 3.8) is 0 Å². The van der Waals surface area contributed by atoms with Crippen LogP contribution in [0.25, 0.3) is 0 Å². The van der Waals surface area contributed by atoms with Crippen LogP contribution in [0.3, 0.4) is 0 Å². The van der Waals surface area contributed by atoms with E-state index >= 15 is 0 Å². The number of carbonyl (C=O) groups is 2. The summed E-state index contributed by atoms with van der Waals surface area (Å²) in [6, 6.07) is 25.6. The number of carbonyl (C=O) groups excluding carboxylic acids is 2. The summed E-state index contributed by atoms with van der Waals surface area (Å²) in [6.07, 6.45) is 0.166. The highest BCUT2D eigenvalue weighted by Crippen LogP contribution is 2.28. The Labute approximate surface area is 274 Å². The quantitative estimate of drug-likeness (QED) is 0.172. The van der Waals surface area contributed by atoms with Crippen LogP contribution < -0.4 is 14.4 Å². The largest absolute Gasteiger partial charge is 0.494 e. The Hall–Kier alpha value is -4.41. The molecule has 0 spiro atoms. The molecule has 1 N–H and O–H groups in total. The molecule has 0 aliphatic carbocycles. The number of nitrogens with one attached hydrogen (secondary N) is 1. The fourth-order valence-electron chi connectivity index (χ4n) is 4.86. The minimum absolute atomic E-state index is 0.0675. The van der Waals surface area contributed by atoms with E-state index in [1.54, 1.807) is 24.3 Å². The summed E-state index contributed by atoms with van der Waals surface area (Å²) >= 11 is 6.04. The van der Waals surface area contributed by atoms with Gasteiger partial charge in [-0.1, -0.05) is 54.1 Å². The molecule has 2 amide bonds. The fraction of sp³-hybridized carbons (Fsp3) is 0.257. The van der Waals surface area contributed by atoms with Crippen LogP contribution in [0.1, 0.15) is 31.9 Å². The normalized spacial score (nSPS) is 12.0. The highest BCUT2D eigenvalue weighted by atomic mass is 35.5. The fourth-order valence-corrected chi connectivity index (χ4v) is 6.40. The van der Waals surface area contributed by atoms with Crippen molar-refractivity contribution in [3.8, 4) is 5.75 Å². The molecule has 46 heavy (non-hydrogen) atoms. The lowest BCUT2D eigenvalue weighted by molar-refractivity contribution is -0.140. The third-order valence-electron chi connectivity index (χ3n) is 7.08. The minimum atomic E-state index is -4.29. The number of rotatable bonds is 14. The number of anilines is 1. The topological polar surface area (TPSA) is 96.0 Å². The van der Waals surface area contributed by atoms with Gasteiger partial charge in [-0.15, -0.1) is 0 Å². The molecule has 4 aromatic rings. The van der Waals surface area contributed by atoms with Crippen molar-refractivity contribution >= 4 is 39.1 Å². The number of hydrogen-bond donors (Lipinski definition) is 1. The van der Waals surface area contributed by atoms with Crippen molar-refractivity contribution in [2.24, 2.45) is 0 Å². The van der Waals surface area contributed by atoms with Crippen LogP contribution in [0.2, 0.25) is 5.02 Å². The number of hydrogen-bond acceptors (Lipinski definition) is 5. The van der Waals surface area contributed by atoms with Crippen molar-refractivity contribution < 1.29 is 27.1 Å². The summed E-state index contributed by atoms with van der Waals surface area (Å²) in [6.45, 7) is 5.19. The molecular weight excluding hydrogens is 629 g/mol. The van der Waals surface area contributed by atoms with Gasteiger partial charge in [0.1, 0.15) is 24.2 Å². The second kappa shape index (κ2) is 15.7. The van der Waals surface area contributed by atoms with E-state index < -0.39 is 40.2 Å².